The van der Waals surface area contributed by atoms with Gasteiger partial charge in [0.15, 0.2) is 5.13 Å². The number of fused-ring (bicyclic) bond motifs is 1. The van der Waals surface area contributed by atoms with E-state index in [1.165, 1.54) is 17.8 Å². The molecule has 29 heavy (non-hydrogen) atoms. The first kappa shape index (κ1) is 19.2. The number of carbonyl (C=O) groups is 2. The van der Waals surface area contributed by atoms with Crippen molar-refractivity contribution in [3.8, 4) is 5.75 Å². The lowest BCUT2D eigenvalue weighted by atomic mass is 9.88. The number of hydrogen-bond acceptors (Lipinski definition) is 5. The molecule has 1 saturated carbocycles. The summed E-state index contributed by atoms with van der Waals surface area (Å²) >= 11 is 1.28. The third-order valence-electron chi connectivity index (χ3n) is 4.98. The molecule has 3 amide bonds. The Bertz CT molecular complexity index is 1030. The summed E-state index contributed by atoms with van der Waals surface area (Å²) in [6.45, 7) is 0. The van der Waals surface area contributed by atoms with Crippen LogP contribution in [0.2, 0.25) is 0 Å². The van der Waals surface area contributed by atoms with Gasteiger partial charge in [-0.3, -0.25) is 10.1 Å². The Morgan fingerprint density at radius 1 is 0.931 bits per heavy atom. The van der Waals surface area contributed by atoms with Gasteiger partial charge in [-0.15, -0.1) is 0 Å². The van der Waals surface area contributed by atoms with Crippen molar-refractivity contribution < 1.29 is 14.7 Å². The Morgan fingerprint density at radius 3 is 2.34 bits per heavy atom. The second-order valence-electron chi connectivity index (χ2n) is 7.15. The summed E-state index contributed by atoms with van der Waals surface area (Å²) in [5, 5.41) is 18.4. The van der Waals surface area contributed by atoms with Gasteiger partial charge >= 0.3 is 6.03 Å². The van der Waals surface area contributed by atoms with Crippen molar-refractivity contribution in [2.75, 3.05) is 16.0 Å². The molecule has 4 rings (SSSR count). The lowest BCUT2D eigenvalue weighted by Gasteiger charge is -2.20. The maximum absolute atomic E-state index is 12.3. The molecule has 0 saturated heterocycles. The molecule has 0 atom stereocenters. The van der Waals surface area contributed by atoms with Gasteiger partial charge in [0.1, 0.15) is 5.75 Å². The first-order valence-electron chi connectivity index (χ1n) is 9.65. The summed E-state index contributed by atoms with van der Waals surface area (Å²) in [6.07, 6.45) is 5.36. The first-order chi connectivity index (χ1) is 14.1. The molecule has 0 bridgehead atoms. The van der Waals surface area contributed by atoms with E-state index in [1.807, 2.05) is 0 Å². The molecule has 4 N–H and O–H groups in total. The van der Waals surface area contributed by atoms with Gasteiger partial charge in [-0.1, -0.05) is 30.6 Å². The third kappa shape index (κ3) is 4.83. The second kappa shape index (κ2) is 8.48. The summed E-state index contributed by atoms with van der Waals surface area (Å²) in [7, 11) is 0. The number of benzene rings is 2. The van der Waals surface area contributed by atoms with E-state index in [9.17, 15) is 14.7 Å². The van der Waals surface area contributed by atoms with E-state index in [4.69, 9.17) is 0 Å². The van der Waals surface area contributed by atoms with Crippen LogP contribution in [0.15, 0.2) is 42.5 Å². The highest BCUT2D eigenvalue weighted by atomic mass is 32.1. The molecular formula is C21H22N4O3S. The van der Waals surface area contributed by atoms with Crippen LogP contribution in [0.25, 0.3) is 10.2 Å². The van der Waals surface area contributed by atoms with Gasteiger partial charge in [-0.2, -0.15) is 0 Å². The lowest BCUT2D eigenvalue weighted by molar-refractivity contribution is -0.120. The molecule has 1 aliphatic rings. The average molecular weight is 410 g/mol. The second-order valence-corrected chi connectivity index (χ2v) is 8.18. The van der Waals surface area contributed by atoms with E-state index < -0.39 is 6.03 Å². The molecule has 1 heterocycles. The minimum atomic E-state index is -0.410. The van der Waals surface area contributed by atoms with E-state index in [1.54, 1.807) is 42.5 Å². The fraction of sp³-hybridized carbons (Fsp3) is 0.286. The zero-order chi connectivity index (χ0) is 20.2. The lowest BCUT2D eigenvalue weighted by Crippen LogP contribution is -2.24. The minimum absolute atomic E-state index is 0.0741. The van der Waals surface area contributed by atoms with E-state index in [0.717, 1.165) is 36.1 Å². The van der Waals surface area contributed by atoms with Crippen LogP contribution in [0, 0.1) is 5.92 Å². The zero-order valence-corrected chi connectivity index (χ0v) is 16.6. The van der Waals surface area contributed by atoms with Crippen LogP contribution in [-0.2, 0) is 4.79 Å². The molecule has 8 heteroatoms. The van der Waals surface area contributed by atoms with Crippen molar-refractivity contribution in [1.82, 2.24) is 4.98 Å². The molecule has 0 unspecified atom stereocenters. The molecule has 0 spiro atoms. The molecule has 150 valence electrons. The minimum Gasteiger partial charge on any atom is -0.508 e. The van der Waals surface area contributed by atoms with Gasteiger partial charge in [-0.05, 0) is 55.3 Å². The van der Waals surface area contributed by atoms with E-state index in [-0.39, 0.29) is 17.6 Å². The molecule has 7 nitrogen and oxygen atoms in total. The number of anilines is 3. The summed E-state index contributed by atoms with van der Waals surface area (Å²) in [5.74, 6) is 0.334. The van der Waals surface area contributed by atoms with Crippen LogP contribution in [0.5, 0.6) is 5.75 Å². The third-order valence-corrected chi connectivity index (χ3v) is 5.91. The number of phenolic OH excluding ortho intramolecular Hbond substituents is 1. The molecule has 0 radical (unpaired) electrons. The predicted molar refractivity (Wildman–Crippen MR) is 116 cm³/mol. The summed E-state index contributed by atoms with van der Waals surface area (Å²) in [6, 6.07) is 11.5. The van der Waals surface area contributed by atoms with Crippen molar-refractivity contribution in [2.24, 2.45) is 5.92 Å². The molecular weight excluding hydrogens is 388 g/mol. The zero-order valence-electron chi connectivity index (χ0n) is 15.8. The van der Waals surface area contributed by atoms with Crippen LogP contribution >= 0.6 is 11.3 Å². The highest BCUT2D eigenvalue weighted by Crippen LogP contribution is 2.29. The number of amides is 3. The van der Waals surface area contributed by atoms with E-state index >= 15 is 0 Å². The summed E-state index contributed by atoms with van der Waals surface area (Å²) < 4.78 is 0.790. The largest absolute Gasteiger partial charge is 0.508 e. The number of nitrogens with zero attached hydrogens (tertiary/aromatic N) is 1. The van der Waals surface area contributed by atoms with Crippen molar-refractivity contribution in [2.45, 2.75) is 32.1 Å². The summed E-state index contributed by atoms with van der Waals surface area (Å²) in [5.41, 5.74) is 2.04. The monoisotopic (exact) mass is 410 g/mol. The fourth-order valence-corrected chi connectivity index (χ4v) is 4.37. The number of rotatable bonds is 4. The Balaban J connectivity index is 1.32. The molecule has 2 aromatic carbocycles. The van der Waals surface area contributed by atoms with Crippen LogP contribution in [0.4, 0.5) is 21.3 Å². The molecule has 1 aromatic heterocycles. The number of carbonyl (C=O) groups excluding carboxylic acids is 2. The van der Waals surface area contributed by atoms with Gasteiger partial charge in [0, 0.05) is 17.3 Å². The molecule has 1 aliphatic carbocycles. The number of aromatic nitrogens is 1. The van der Waals surface area contributed by atoms with Gasteiger partial charge in [-0.25, -0.2) is 9.78 Å². The first-order valence-corrected chi connectivity index (χ1v) is 10.5. The highest BCUT2D eigenvalue weighted by molar-refractivity contribution is 7.22. The smallest absolute Gasteiger partial charge is 0.325 e. The van der Waals surface area contributed by atoms with Crippen molar-refractivity contribution in [3.63, 3.8) is 0 Å². The Hall–Kier alpha value is -3.13. The Labute approximate surface area is 172 Å². The van der Waals surface area contributed by atoms with Crippen LogP contribution in [-0.4, -0.2) is 22.0 Å². The van der Waals surface area contributed by atoms with Crippen LogP contribution in [0.1, 0.15) is 32.1 Å². The standard InChI is InChI=1S/C21H22N4O3S/c26-16-10-11-17-18(12-16)29-21(24-17)25-20(28)23-15-8-6-14(7-9-15)22-19(27)13-4-2-1-3-5-13/h6-13,26H,1-5H2,(H,22,27)(H2,23,24,25,28). The average Bonchev–Trinajstić information content (AvgIpc) is 3.11. The SMILES string of the molecule is O=C(Nc1ccc(NC(=O)C2CCCCC2)cc1)Nc1nc2ccc(O)cc2s1. The number of phenols is 1. The van der Waals surface area contributed by atoms with E-state index in [2.05, 4.69) is 20.9 Å². The maximum atomic E-state index is 12.3. The number of thiazole rings is 1. The quantitative estimate of drug-likeness (QED) is 0.477. The topological polar surface area (TPSA) is 103 Å². The number of nitrogens with one attached hydrogen (secondary N) is 3. The molecule has 3 aromatic rings. The summed E-state index contributed by atoms with van der Waals surface area (Å²) in [4.78, 5) is 28.9. The van der Waals surface area contributed by atoms with E-state index in [0.29, 0.717) is 16.3 Å². The van der Waals surface area contributed by atoms with Crippen molar-refractivity contribution in [1.29, 1.82) is 0 Å². The predicted octanol–water partition coefficient (Wildman–Crippen LogP) is 5.16. The van der Waals surface area contributed by atoms with Crippen LogP contribution < -0.4 is 16.0 Å². The fourth-order valence-electron chi connectivity index (χ4n) is 3.47. The molecule has 1 fully saturated rings. The normalized spacial score (nSPS) is 14.5. The number of hydrogen-bond donors (Lipinski definition) is 4. The van der Waals surface area contributed by atoms with Crippen molar-refractivity contribution >= 4 is 50.0 Å². The number of aromatic hydroxyl groups is 1. The van der Waals surface area contributed by atoms with Gasteiger partial charge in [0.05, 0.1) is 10.2 Å². The highest BCUT2D eigenvalue weighted by Gasteiger charge is 2.21. The van der Waals surface area contributed by atoms with Crippen molar-refractivity contribution in [3.05, 3.63) is 42.5 Å². The van der Waals surface area contributed by atoms with Gasteiger partial charge in [0.25, 0.3) is 0 Å². The maximum Gasteiger partial charge on any atom is 0.325 e. The Morgan fingerprint density at radius 2 is 1.62 bits per heavy atom. The number of urea groups is 1. The molecule has 0 aliphatic heterocycles. The van der Waals surface area contributed by atoms with Gasteiger partial charge < -0.3 is 15.7 Å². The van der Waals surface area contributed by atoms with Crippen LogP contribution in [0.3, 0.4) is 0 Å². The Kier molecular flexibility index (Phi) is 5.62. The van der Waals surface area contributed by atoms with Gasteiger partial charge in [0.2, 0.25) is 5.91 Å².